The third-order valence-electron chi connectivity index (χ3n) is 3.83. The van der Waals surface area contributed by atoms with E-state index in [0.29, 0.717) is 23.9 Å². The lowest BCUT2D eigenvalue weighted by Crippen LogP contribution is -2.36. The van der Waals surface area contributed by atoms with Crippen LogP contribution in [0.15, 0.2) is 60.4 Å². The molecule has 0 saturated heterocycles. The van der Waals surface area contributed by atoms with Gasteiger partial charge in [-0.05, 0) is 49.8 Å². The smallest absolute Gasteiger partial charge is 0.319 e. The van der Waals surface area contributed by atoms with E-state index in [2.05, 4.69) is 31.6 Å². The van der Waals surface area contributed by atoms with Crippen molar-refractivity contribution in [1.29, 1.82) is 0 Å². The number of ether oxygens (including phenoxy) is 1. The second-order valence-electron chi connectivity index (χ2n) is 6.00. The van der Waals surface area contributed by atoms with Gasteiger partial charge in [-0.1, -0.05) is 6.07 Å². The molecule has 7 nitrogen and oxygen atoms in total. The Bertz CT molecular complexity index is 838. The van der Waals surface area contributed by atoms with E-state index in [-0.39, 0.29) is 12.1 Å². The van der Waals surface area contributed by atoms with Crippen molar-refractivity contribution in [2.45, 2.75) is 6.04 Å². The van der Waals surface area contributed by atoms with Crippen molar-refractivity contribution in [2.75, 3.05) is 26.0 Å². The Morgan fingerprint density at radius 3 is 2.67 bits per heavy atom. The molecule has 0 fully saturated rings. The SMILES string of the molecule is CN(C)C(CNC(=O)Nc1ccc(Oc2cnccn2)cc1)c1cccs1. The average molecular weight is 383 g/mol. The number of nitrogens with one attached hydrogen (secondary N) is 2. The predicted molar refractivity (Wildman–Crippen MR) is 106 cm³/mol. The summed E-state index contributed by atoms with van der Waals surface area (Å²) in [5, 5.41) is 7.78. The number of hydrogen-bond donors (Lipinski definition) is 2. The lowest BCUT2D eigenvalue weighted by molar-refractivity contribution is 0.244. The van der Waals surface area contributed by atoms with Crippen LogP contribution in [0.5, 0.6) is 11.6 Å². The molecular weight excluding hydrogens is 362 g/mol. The van der Waals surface area contributed by atoms with E-state index in [1.54, 1.807) is 48.0 Å². The topological polar surface area (TPSA) is 79.4 Å². The van der Waals surface area contributed by atoms with Gasteiger partial charge in [-0.3, -0.25) is 4.98 Å². The monoisotopic (exact) mass is 383 g/mol. The molecule has 0 spiro atoms. The zero-order chi connectivity index (χ0) is 19.1. The van der Waals surface area contributed by atoms with Crippen LogP contribution in [0.2, 0.25) is 0 Å². The number of rotatable bonds is 7. The number of likely N-dealkylation sites (N-methyl/N-ethyl adjacent to an activating group) is 1. The van der Waals surface area contributed by atoms with E-state index in [4.69, 9.17) is 4.74 Å². The van der Waals surface area contributed by atoms with Gasteiger partial charge in [0.1, 0.15) is 5.75 Å². The van der Waals surface area contributed by atoms with Gasteiger partial charge in [0.2, 0.25) is 5.88 Å². The number of nitrogens with zero attached hydrogens (tertiary/aromatic N) is 3. The maximum absolute atomic E-state index is 12.2. The van der Waals surface area contributed by atoms with Gasteiger partial charge in [-0.15, -0.1) is 11.3 Å². The van der Waals surface area contributed by atoms with Crippen LogP contribution >= 0.6 is 11.3 Å². The van der Waals surface area contributed by atoms with E-state index < -0.39 is 0 Å². The first-order valence-electron chi connectivity index (χ1n) is 8.40. The number of anilines is 1. The molecule has 3 rings (SSSR count). The molecule has 2 N–H and O–H groups in total. The number of urea groups is 1. The van der Waals surface area contributed by atoms with Gasteiger partial charge in [0.05, 0.1) is 12.2 Å². The molecule has 2 heterocycles. The third-order valence-corrected chi connectivity index (χ3v) is 4.80. The molecule has 0 radical (unpaired) electrons. The van der Waals surface area contributed by atoms with Crippen LogP contribution in [0, 0.1) is 0 Å². The van der Waals surface area contributed by atoms with Gasteiger partial charge < -0.3 is 20.3 Å². The fourth-order valence-electron chi connectivity index (χ4n) is 2.45. The van der Waals surface area contributed by atoms with Crippen LogP contribution in [0.25, 0.3) is 0 Å². The Kier molecular flexibility index (Phi) is 6.35. The molecule has 2 amide bonds. The molecule has 1 atom stereocenters. The second-order valence-corrected chi connectivity index (χ2v) is 6.98. The minimum atomic E-state index is -0.249. The van der Waals surface area contributed by atoms with Crippen molar-refractivity contribution in [3.8, 4) is 11.6 Å². The summed E-state index contributed by atoms with van der Waals surface area (Å²) in [5.74, 6) is 1.03. The zero-order valence-electron chi connectivity index (χ0n) is 15.1. The van der Waals surface area contributed by atoms with Crippen LogP contribution in [0.3, 0.4) is 0 Å². The summed E-state index contributed by atoms with van der Waals surface area (Å²) in [6, 6.07) is 11.0. The molecule has 2 aromatic heterocycles. The summed E-state index contributed by atoms with van der Waals surface area (Å²) in [6.45, 7) is 0.521. The van der Waals surface area contributed by atoms with Gasteiger partial charge in [0.15, 0.2) is 0 Å². The van der Waals surface area contributed by atoms with Crippen molar-refractivity contribution < 1.29 is 9.53 Å². The first-order chi connectivity index (χ1) is 13.1. The van der Waals surface area contributed by atoms with Gasteiger partial charge in [-0.25, -0.2) is 9.78 Å². The van der Waals surface area contributed by atoms with Gasteiger partial charge in [-0.2, -0.15) is 0 Å². The number of aromatic nitrogens is 2. The maximum Gasteiger partial charge on any atom is 0.319 e. The summed E-state index contributed by atoms with van der Waals surface area (Å²) in [5.41, 5.74) is 0.677. The molecule has 0 aliphatic carbocycles. The Balaban J connectivity index is 1.51. The van der Waals surface area contributed by atoms with E-state index in [1.807, 2.05) is 25.5 Å². The van der Waals surface area contributed by atoms with Crippen LogP contribution in [-0.4, -0.2) is 41.5 Å². The molecule has 0 saturated carbocycles. The quantitative estimate of drug-likeness (QED) is 0.649. The zero-order valence-corrected chi connectivity index (χ0v) is 15.9. The lowest BCUT2D eigenvalue weighted by atomic mass is 10.2. The largest absolute Gasteiger partial charge is 0.438 e. The van der Waals surface area contributed by atoms with Crippen molar-refractivity contribution in [2.24, 2.45) is 0 Å². The minimum Gasteiger partial charge on any atom is -0.438 e. The van der Waals surface area contributed by atoms with Crippen LogP contribution in [-0.2, 0) is 0 Å². The molecule has 0 aliphatic rings. The standard InChI is InChI=1S/C19H21N5O2S/c1-24(2)16(17-4-3-11-27-17)12-22-19(25)23-14-5-7-15(8-6-14)26-18-13-20-9-10-21-18/h3-11,13,16H,12H2,1-2H3,(H2,22,23,25). The van der Waals surface area contributed by atoms with Crippen LogP contribution < -0.4 is 15.4 Å². The molecule has 3 aromatic rings. The molecule has 1 unspecified atom stereocenters. The lowest BCUT2D eigenvalue weighted by Gasteiger charge is -2.23. The molecule has 0 bridgehead atoms. The Morgan fingerprint density at radius 1 is 1.22 bits per heavy atom. The third kappa shape index (κ3) is 5.50. The highest BCUT2D eigenvalue weighted by atomic mass is 32.1. The number of thiophene rings is 1. The van der Waals surface area contributed by atoms with E-state index in [9.17, 15) is 4.79 Å². The fourth-order valence-corrected chi connectivity index (χ4v) is 3.37. The highest BCUT2D eigenvalue weighted by Gasteiger charge is 2.16. The summed E-state index contributed by atoms with van der Waals surface area (Å²) < 4.78 is 5.58. The van der Waals surface area contributed by atoms with Crippen molar-refractivity contribution in [3.63, 3.8) is 0 Å². The number of carbonyl (C=O) groups excluding carboxylic acids is 1. The average Bonchev–Trinajstić information content (AvgIpc) is 3.18. The first kappa shape index (κ1) is 18.8. The van der Waals surface area contributed by atoms with Crippen LogP contribution in [0.4, 0.5) is 10.5 Å². The van der Waals surface area contributed by atoms with Gasteiger partial charge in [0.25, 0.3) is 0 Å². The second kappa shape index (κ2) is 9.11. The number of hydrogen-bond acceptors (Lipinski definition) is 6. The Hall–Kier alpha value is -2.97. The molecule has 0 aliphatic heterocycles. The summed E-state index contributed by atoms with van der Waals surface area (Å²) >= 11 is 1.68. The summed E-state index contributed by atoms with van der Waals surface area (Å²) in [6.07, 6.45) is 4.68. The fraction of sp³-hybridized carbons (Fsp3) is 0.211. The van der Waals surface area contributed by atoms with E-state index in [0.717, 1.165) is 0 Å². The maximum atomic E-state index is 12.2. The molecular formula is C19H21N5O2S. The Labute approximate surface area is 162 Å². The van der Waals surface area contributed by atoms with Crippen molar-refractivity contribution >= 4 is 23.1 Å². The van der Waals surface area contributed by atoms with Crippen LogP contribution in [0.1, 0.15) is 10.9 Å². The summed E-state index contributed by atoms with van der Waals surface area (Å²) in [7, 11) is 4.00. The van der Waals surface area contributed by atoms with E-state index in [1.165, 1.54) is 11.1 Å². The Morgan fingerprint density at radius 2 is 2.04 bits per heavy atom. The molecule has 1 aromatic carbocycles. The molecule has 8 heteroatoms. The van der Waals surface area contributed by atoms with Crippen molar-refractivity contribution in [3.05, 3.63) is 65.2 Å². The first-order valence-corrected chi connectivity index (χ1v) is 9.28. The predicted octanol–water partition coefficient (Wildman–Crippen LogP) is 3.75. The molecule has 140 valence electrons. The van der Waals surface area contributed by atoms with Gasteiger partial charge >= 0.3 is 6.03 Å². The molecule has 27 heavy (non-hydrogen) atoms. The van der Waals surface area contributed by atoms with Crippen molar-refractivity contribution in [1.82, 2.24) is 20.2 Å². The summed E-state index contributed by atoms with van der Waals surface area (Å²) in [4.78, 5) is 23.5. The number of amides is 2. The normalized spacial score (nSPS) is 11.8. The minimum absolute atomic E-state index is 0.138. The number of benzene rings is 1. The van der Waals surface area contributed by atoms with Gasteiger partial charge in [0, 0.05) is 29.5 Å². The van der Waals surface area contributed by atoms with E-state index >= 15 is 0 Å². The number of carbonyl (C=O) groups is 1. The highest BCUT2D eigenvalue weighted by molar-refractivity contribution is 7.10. The highest BCUT2D eigenvalue weighted by Crippen LogP contribution is 2.23.